The van der Waals surface area contributed by atoms with Crippen LogP contribution in [0, 0.1) is 19.7 Å². The first kappa shape index (κ1) is 17.2. The van der Waals surface area contributed by atoms with Crippen molar-refractivity contribution in [1.29, 1.82) is 0 Å². The summed E-state index contributed by atoms with van der Waals surface area (Å²) < 4.78 is 15.0. The molecule has 1 aromatic carbocycles. The van der Waals surface area contributed by atoms with Crippen molar-refractivity contribution in [3.8, 4) is 5.69 Å². The van der Waals surface area contributed by atoms with E-state index in [0.717, 1.165) is 36.6 Å². The summed E-state index contributed by atoms with van der Waals surface area (Å²) in [6.07, 6.45) is 1.08. The zero-order chi connectivity index (χ0) is 16.8. The van der Waals surface area contributed by atoms with Gasteiger partial charge in [-0.2, -0.15) is 0 Å². The lowest BCUT2D eigenvalue weighted by Crippen LogP contribution is -2.32. The van der Waals surface area contributed by atoms with Gasteiger partial charge in [-0.15, -0.1) is 0 Å². The third-order valence-corrected chi connectivity index (χ3v) is 3.77. The number of amides is 1. The van der Waals surface area contributed by atoms with Gasteiger partial charge in [-0.25, -0.2) is 4.39 Å². The second-order valence-corrected chi connectivity index (χ2v) is 5.60. The van der Waals surface area contributed by atoms with E-state index in [2.05, 4.69) is 17.6 Å². The summed E-state index contributed by atoms with van der Waals surface area (Å²) in [5.41, 5.74) is 3.31. The average molecular weight is 317 g/mol. The number of hydrogen-bond acceptors (Lipinski definition) is 2. The minimum atomic E-state index is -0.270. The van der Waals surface area contributed by atoms with Crippen molar-refractivity contribution in [1.82, 2.24) is 15.2 Å². The van der Waals surface area contributed by atoms with Crippen molar-refractivity contribution in [3.63, 3.8) is 0 Å². The quantitative estimate of drug-likeness (QED) is 0.771. The first-order chi connectivity index (χ1) is 11.0. The monoisotopic (exact) mass is 317 g/mol. The lowest BCUT2D eigenvalue weighted by atomic mass is 10.2. The van der Waals surface area contributed by atoms with Gasteiger partial charge in [0.15, 0.2) is 0 Å². The molecule has 0 aliphatic carbocycles. The summed E-state index contributed by atoms with van der Waals surface area (Å²) in [6, 6.07) is 8.14. The number of rotatable bonds is 7. The van der Waals surface area contributed by atoms with Gasteiger partial charge in [0.25, 0.3) is 5.91 Å². The second-order valence-electron chi connectivity index (χ2n) is 5.60. The Bertz CT molecular complexity index is 662. The van der Waals surface area contributed by atoms with E-state index in [0.29, 0.717) is 12.1 Å². The van der Waals surface area contributed by atoms with E-state index in [4.69, 9.17) is 0 Å². The molecule has 0 aliphatic heterocycles. The zero-order valence-electron chi connectivity index (χ0n) is 13.9. The number of halogens is 1. The predicted octanol–water partition coefficient (Wildman–Crippen LogP) is 2.96. The molecule has 0 saturated heterocycles. The van der Waals surface area contributed by atoms with Crippen LogP contribution in [0.3, 0.4) is 0 Å². The molecule has 4 nitrogen and oxygen atoms in total. The summed E-state index contributed by atoms with van der Waals surface area (Å²) in [6.45, 7) is 8.26. The molecule has 0 spiro atoms. The average Bonchev–Trinajstić information content (AvgIpc) is 2.83. The topological polar surface area (TPSA) is 46.1 Å². The smallest absolute Gasteiger partial charge is 0.253 e. The Balaban J connectivity index is 2.11. The SMILES string of the molecule is CCCNCCNC(=O)c1cc(C)n(-c2ccc(F)cc2)c1C. The maximum absolute atomic E-state index is 13.1. The lowest BCUT2D eigenvalue weighted by Gasteiger charge is -2.10. The Labute approximate surface area is 136 Å². The molecule has 23 heavy (non-hydrogen) atoms. The number of nitrogens with one attached hydrogen (secondary N) is 2. The van der Waals surface area contributed by atoms with Crippen LogP contribution in [0.25, 0.3) is 5.69 Å². The van der Waals surface area contributed by atoms with Crippen LogP contribution in [0.1, 0.15) is 35.1 Å². The van der Waals surface area contributed by atoms with Gasteiger partial charge in [-0.05, 0) is 57.1 Å². The van der Waals surface area contributed by atoms with Gasteiger partial charge < -0.3 is 15.2 Å². The van der Waals surface area contributed by atoms with Gasteiger partial charge in [-0.1, -0.05) is 6.92 Å². The number of carbonyl (C=O) groups excluding carboxylic acids is 1. The molecule has 0 fully saturated rings. The van der Waals surface area contributed by atoms with Crippen molar-refractivity contribution >= 4 is 5.91 Å². The van der Waals surface area contributed by atoms with Gasteiger partial charge >= 0.3 is 0 Å². The summed E-state index contributed by atoms with van der Waals surface area (Å²) in [4.78, 5) is 12.3. The molecule has 2 rings (SSSR count). The van der Waals surface area contributed by atoms with Crippen LogP contribution in [-0.2, 0) is 0 Å². The van der Waals surface area contributed by atoms with E-state index in [1.807, 2.05) is 24.5 Å². The molecule has 0 saturated carbocycles. The molecular weight excluding hydrogens is 293 g/mol. The van der Waals surface area contributed by atoms with Crippen LogP contribution in [-0.4, -0.2) is 30.1 Å². The van der Waals surface area contributed by atoms with Gasteiger partial charge in [0, 0.05) is 30.2 Å². The number of hydrogen-bond donors (Lipinski definition) is 2. The Morgan fingerprint density at radius 2 is 1.83 bits per heavy atom. The minimum absolute atomic E-state index is 0.0789. The molecule has 0 aliphatic rings. The van der Waals surface area contributed by atoms with Crippen LogP contribution in [0.2, 0.25) is 0 Å². The molecule has 0 atom stereocenters. The molecule has 5 heteroatoms. The van der Waals surface area contributed by atoms with Crippen LogP contribution in [0.4, 0.5) is 4.39 Å². The first-order valence-electron chi connectivity index (χ1n) is 7.98. The zero-order valence-corrected chi connectivity index (χ0v) is 13.9. The van der Waals surface area contributed by atoms with E-state index >= 15 is 0 Å². The van der Waals surface area contributed by atoms with Crippen molar-refractivity contribution in [3.05, 3.63) is 53.1 Å². The van der Waals surface area contributed by atoms with Crippen molar-refractivity contribution in [2.75, 3.05) is 19.6 Å². The summed E-state index contributed by atoms with van der Waals surface area (Å²) >= 11 is 0. The predicted molar refractivity (Wildman–Crippen MR) is 90.7 cm³/mol. The molecule has 1 amide bonds. The maximum atomic E-state index is 13.1. The minimum Gasteiger partial charge on any atom is -0.351 e. The number of nitrogens with zero attached hydrogens (tertiary/aromatic N) is 1. The van der Waals surface area contributed by atoms with Crippen molar-refractivity contribution in [2.45, 2.75) is 27.2 Å². The fraction of sp³-hybridized carbons (Fsp3) is 0.389. The molecule has 1 heterocycles. The molecule has 124 valence electrons. The van der Waals surface area contributed by atoms with Gasteiger partial charge in [0.1, 0.15) is 5.82 Å². The number of carbonyl (C=O) groups is 1. The van der Waals surface area contributed by atoms with Crippen LogP contribution in [0.5, 0.6) is 0 Å². The van der Waals surface area contributed by atoms with Crippen molar-refractivity contribution in [2.24, 2.45) is 0 Å². The molecular formula is C18H24FN3O. The molecule has 0 bridgehead atoms. The third-order valence-electron chi connectivity index (χ3n) is 3.77. The van der Waals surface area contributed by atoms with Crippen molar-refractivity contribution < 1.29 is 9.18 Å². The highest BCUT2D eigenvalue weighted by Crippen LogP contribution is 2.21. The van der Waals surface area contributed by atoms with E-state index in [1.54, 1.807) is 12.1 Å². The Morgan fingerprint density at radius 3 is 2.48 bits per heavy atom. The number of aryl methyl sites for hydroxylation is 1. The van der Waals surface area contributed by atoms with Crippen LogP contribution < -0.4 is 10.6 Å². The second kappa shape index (κ2) is 7.92. The summed E-state index contributed by atoms with van der Waals surface area (Å²) in [7, 11) is 0. The van der Waals surface area contributed by atoms with Gasteiger partial charge in [-0.3, -0.25) is 4.79 Å². The number of aromatic nitrogens is 1. The summed E-state index contributed by atoms with van der Waals surface area (Å²) in [5.74, 6) is -0.349. The summed E-state index contributed by atoms with van der Waals surface area (Å²) in [5, 5.41) is 6.17. The third kappa shape index (κ3) is 4.20. The van der Waals surface area contributed by atoms with Gasteiger partial charge in [0.2, 0.25) is 0 Å². The standard InChI is InChI=1S/C18H24FN3O/c1-4-9-20-10-11-21-18(23)17-12-13(2)22(14(17)3)16-7-5-15(19)6-8-16/h5-8,12,20H,4,9-11H2,1-3H3,(H,21,23). The highest BCUT2D eigenvalue weighted by atomic mass is 19.1. The fourth-order valence-corrected chi connectivity index (χ4v) is 2.64. The van der Waals surface area contributed by atoms with E-state index in [9.17, 15) is 9.18 Å². The Morgan fingerprint density at radius 1 is 1.13 bits per heavy atom. The molecule has 2 N–H and O–H groups in total. The normalized spacial score (nSPS) is 10.8. The van der Waals surface area contributed by atoms with Gasteiger partial charge in [0.05, 0.1) is 5.56 Å². The molecule has 2 aromatic rings. The Hall–Kier alpha value is -2.14. The van der Waals surface area contributed by atoms with Crippen LogP contribution >= 0.6 is 0 Å². The molecule has 1 aromatic heterocycles. The van der Waals surface area contributed by atoms with E-state index < -0.39 is 0 Å². The first-order valence-corrected chi connectivity index (χ1v) is 7.98. The molecule has 0 radical (unpaired) electrons. The lowest BCUT2D eigenvalue weighted by molar-refractivity contribution is 0.0953. The Kier molecular flexibility index (Phi) is 5.93. The van der Waals surface area contributed by atoms with E-state index in [-0.39, 0.29) is 11.7 Å². The highest BCUT2D eigenvalue weighted by molar-refractivity contribution is 5.95. The van der Waals surface area contributed by atoms with E-state index in [1.165, 1.54) is 12.1 Å². The number of benzene rings is 1. The maximum Gasteiger partial charge on any atom is 0.253 e. The largest absolute Gasteiger partial charge is 0.351 e. The molecule has 0 unspecified atom stereocenters. The highest BCUT2D eigenvalue weighted by Gasteiger charge is 2.16. The van der Waals surface area contributed by atoms with Crippen LogP contribution in [0.15, 0.2) is 30.3 Å². The fourth-order valence-electron chi connectivity index (χ4n) is 2.64.